The fraction of sp³-hybridized carbons (Fsp3) is 0.421. The molecule has 1 aliphatic rings. The van der Waals surface area contributed by atoms with Crippen molar-refractivity contribution in [2.45, 2.75) is 44.7 Å². The van der Waals surface area contributed by atoms with Gasteiger partial charge in [0.05, 0.1) is 12.3 Å². The Labute approximate surface area is 165 Å². The lowest BCUT2D eigenvalue weighted by molar-refractivity contribution is -0.127. The second kappa shape index (κ2) is 7.29. The molecule has 3 aromatic rings. The van der Waals surface area contributed by atoms with E-state index in [9.17, 15) is 4.79 Å². The Kier molecular flexibility index (Phi) is 5.03. The molecule has 1 amide bonds. The number of hydrogen-bond donors (Lipinski definition) is 0. The van der Waals surface area contributed by atoms with Crippen molar-refractivity contribution in [1.82, 2.24) is 14.9 Å². The lowest BCUT2D eigenvalue weighted by Gasteiger charge is -2.16. The first-order valence-corrected chi connectivity index (χ1v) is 11.4. The molecule has 136 valence electrons. The van der Waals surface area contributed by atoms with Crippen LogP contribution in [0.15, 0.2) is 16.5 Å². The maximum atomic E-state index is 12.6. The van der Waals surface area contributed by atoms with Crippen LogP contribution >= 0.6 is 34.4 Å². The van der Waals surface area contributed by atoms with Crippen molar-refractivity contribution in [1.29, 1.82) is 0 Å². The molecule has 26 heavy (non-hydrogen) atoms. The molecule has 4 rings (SSSR count). The predicted octanol–water partition coefficient (Wildman–Crippen LogP) is 4.61. The summed E-state index contributed by atoms with van der Waals surface area (Å²) in [6, 6.07) is 2.10. The summed E-state index contributed by atoms with van der Waals surface area (Å²) >= 11 is 5.07. The second-order valence-electron chi connectivity index (χ2n) is 6.68. The molecule has 0 aliphatic heterocycles. The molecule has 0 aromatic carbocycles. The molecule has 0 saturated heterocycles. The first kappa shape index (κ1) is 17.9. The van der Waals surface area contributed by atoms with Gasteiger partial charge in [-0.15, -0.1) is 22.7 Å². The minimum absolute atomic E-state index is 0.138. The number of fused-ring (bicyclic) bond motifs is 3. The van der Waals surface area contributed by atoms with Gasteiger partial charge in [0.25, 0.3) is 0 Å². The summed E-state index contributed by atoms with van der Waals surface area (Å²) in [5, 5.41) is 4.25. The standard InChI is InChI=1S/C19H21N3OS3/c1-11-7-8-24-15(11)9-22(3)16(23)10-25-18-17-13-5-4-6-14(13)26-19(17)21-12(2)20-18/h7-8H,4-6,9-10H2,1-3H3. The van der Waals surface area contributed by atoms with E-state index in [1.807, 2.05) is 18.9 Å². The zero-order valence-electron chi connectivity index (χ0n) is 15.2. The van der Waals surface area contributed by atoms with Gasteiger partial charge in [-0.1, -0.05) is 11.8 Å². The van der Waals surface area contributed by atoms with Crippen LogP contribution in [0.2, 0.25) is 0 Å². The Morgan fingerprint density at radius 1 is 1.31 bits per heavy atom. The predicted molar refractivity (Wildman–Crippen MR) is 110 cm³/mol. The molecule has 3 heterocycles. The van der Waals surface area contributed by atoms with Crippen LogP contribution in [0.1, 0.15) is 33.1 Å². The maximum absolute atomic E-state index is 12.6. The van der Waals surface area contributed by atoms with E-state index >= 15 is 0 Å². The molecule has 3 aromatic heterocycles. The Morgan fingerprint density at radius 2 is 2.15 bits per heavy atom. The largest absolute Gasteiger partial charge is 0.340 e. The number of carbonyl (C=O) groups excluding carboxylic acids is 1. The summed E-state index contributed by atoms with van der Waals surface area (Å²) in [5.74, 6) is 1.34. The molecule has 0 saturated carbocycles. The van der Waals surface area contributed by atoms with E-state index in [-0.39, 0.29) is 5.91 Å². The van der Waals surface area contributed by atoms with E-state index in [4.69, 9.17) is 0 Å². The van der Waals surface area contributed by atoms with Crippen LogP contribution in [0.5, 0.6) is 0 Å². The van der Waals surface area contributed by atoms with Gasteiger partial charge in [-0.25, -0.2) is 9.97 Å². The number of nitrogens with zero attached hydrogens (tertiary/aromatic N) is 3. The summed E-state index contributed by atoms with van der Waals surface area (Å²) in [5.41, 5.74) is 2.67. The molecule has 0 fully saturated rings. The third-order valence-electron chi connectivity index (χ3n) is 4.75. The minimum atomic E-state index is 0.138. The van der Waals surface area contributed by atoms with Crippen molar-refractivity contribution < 1.29 is 4.79 Å². The summed E-state index contributed by atoms with van der Waals surface area (Å²) in [6.45, 7) is 4.70. The van der Waals surface area contributed by atoms with Crippen LogP contribution in [-0.4, -0.2) is 33.6 Å². The van der Waals surface area contributed by atoms with Crippen molar-refractivity contribution in [3.63, 3.8) is 0 Å². The van der Waals surface area contributed by atoms with Gasteiger partial charge < -0.3 is 4.90 Å². The molecule has 0 unspecified atom stereocenters. The van der Waals surface area contributed by atoms with E-state index in [1.165, 1.54) is 32.7 Å². The van der Waals surface area contributed by atoms with Crippen LogP contribution in [0.3, 0.4) is 0 Å². The highest BCUT2D eigenvalue weighted by Gasteiger charge is 2.22. The van der Waals surface area contributed by atoms with E-state index in [1.54, 1.807) is 34.4 Å². The fourth-order valence-electron chi connectivity index (χ4n) is 3.28. The second-order valence-corrected chi connectivity index (χ2v) is 9.73. The SMILES string of the molecule is Cc1nc(SCC(=O)N(C)Cc2sccc2C)c2c3c(sc2n1)CCC3. The number of amides is 1. The van der Waals surface area contributed by atoms with Gasteiger partial charge in [-0.2, -0.15) is 0 Å². The molecule has 7 heteroatoms. The Hall–Kier alpha value is -1.44. The van der Waals surface area contributed by atoms with E-state index in [0.29, 0.717) is 12.3 Å². The number of thioether (sulfide) groups is 1. The van der Waals surface area contributed by atoms with Gasteiger partial charge in [0, 0.05) is 22.2 Å². The van der Waals surface area contributed by atoms with Crippen molar-refractivity contribution in [3.05, 3.63) is 38.2 Å². The summed E-state index contributed by atoms with van der Waals surface area (Å²) < 4.78 is 0. The van der Waals surface area contributed by atoms with Gasteiger partial charge in [0.15, 0.2) is 0 Å². The minimum Gasteiger partial charge on any atom is -0.340 e. The number of thiophene rings is 2. The maximum Gasteiger partial charge on any atom is 0.233 e. The monoisotopic (exact) mass is 403 g/mol. The molecular weight excluding hydrogens is 382 g/mol. The third-order valence-corrected chi connectivity index (χ3v) is 7.90. The zero-order chi connectivity index (χ0) is 18.3. The number of rotatable bonds is 5. The Balaban J connectivity index is 1.51. The summed E-state index contributed by atoms with van der Waals surface area (Å²) in [4.78, 5) is 27.5. The van der Waals surface area contributed by atoms with Crippen LogP contribution in [0, 0.1) is 13.8 Å². The molecule has 0 radical (unpaired) electrons. The highest BCUT2D eigenvalue weighted by atomic mass is 32.2. The Morgan fingerprint density at radius 3 is 2.92 bits per heavy atom. The zero-order valence-corrected chi connectivity index (χ0v) is 17.6. The number of hydrogen-bond acceptors (Lipinski definition) is 6. The van der Waals surface area contributed by atoms with Crippen LogP contribution in [0.25, 0.3) is 10.2 Å². The molecule has 0 atom stereocenters. The lowest BCUT2D eigenvalue weighted by Crippen LogP contribution is -2.27. The van der Waals surface area contributed by atoms with Crippen molar-refractivity contribution in [3.8, 4) is 0 Å². The summed E-state index contributed by atoms with van der Waals surface area (Å²) in [7, 11) is 1.88. The molecular formula is C19H21N3OS3. The highest BCUT2D eigenvalue weighted by molar-refractivity contribution is 8.00. The molecule has 1 aliphatic carbocycles. The smallest absolute Gasteiger partial charge is 0.233 e. The van der Waals surface area contributed by atoms with Crippen molar-refractivity contribution in [2.24, 2.45) is 0 Å². The average molecular weight is 404 g/mol. The first-order chi connectivity index (χ1) is 12.5. The third kappa shape index (κ3) is 3.40. The molecule has 0 N–H and O–H groups in total. The van der Waals surface area contributed by atoms with Crippen LogP contribution in [-0.2, 0) is 24.2 Å². The lowest BCUT2D eigenvalue weighted by atomic mass is 10.2. The highest BCUT2D eigenvalue weighted by Crippen LogP contribution is 2.40. The van der Waals surface area contributed by atoms with Gasteiger partial charge in [0.2, 0.25) is 5.91 Å². The number of aryl methyl sites for hydroxylation is 4. The van der Waals surface area contributed by atoms with Gasteiger partial charge in [-0.3, -0.25) is 4.79 Å². The Bertz CT molecular complexity index is 976. The average Bonchev–Trinajstić information content (AvgIpc) is 3.28. The van der Waals surface area contributed by atoms with E-state index < -0.39 is 0 Å². The molecule has 0 spiro atoms. The molecule has 4 nitrogen and oxygen atoms in total. The normalized spacial score (nSPS) is 13.3. The first-order valence-electron chi connectivity index (χ1n) is 8.71. The van der Waals surface area contributed by atoms with Gasteiger partial charge in [0.1, 0.15) is 15.7 Å². The van der Waals surface area contributed by atoms with Crippen molar-refractivity contribution in [2.75, 3.05) is 12.8 Å². The quantitative estimate of drug-likeness (QED) is 0.461. The number of carbonyl (C=O) groups is 1. The van der Waals surface area contributed by atoms with Crippen LogP contribution < -0.4 is 0 Å². The van der Waals surface area contributed by atoms with Gasteiger partial charge in [-0.05, 0) is 55.7 Å². The van der Waals surface area contributed by atoms with E-state index in [2.05, 4.69) is 28.3 Å². The molecule has 0 bridgehead atoms. The topological polar surface area (TPSA) is 46.1 Å². The van der Waals surface area contributed by atoms with Crippen LogP contribution in [0.4, 0.5) is 0 Å². The summed E-state index contributed by atoms with van der Waals surface area (Å²) in [6.07, 6.45) is 3.49. The van der Waals surface area contributed by atoms with Gasteiger partial charge >= 0.3 is 0 Å². The van der Waals surface area contributed by atoms with E-state index in [0.717, 1.165) is 28.5 Å². The fourth-order valence-corrected chi connectivity index (χ4v) is 6.65. The van der Waals surface area contributed by atoms with Crippen molar-refractivity contribution >= 4 is 50.6 Å². The number of aromatic nitrogens is 2.